The number of pyridine rings is 2. The summed E-state index contributed by atoms with van der Waals surface area (Å²) < 4.78 is 2.38. The van der Waals surface area contributed by atoms with Crippen molar-refractivity contribution in [1.82, 2.24) is 34.6 Å². The van der Waals surface area contributed by atoms with Gasteiger partial charge >= 0.3 is 11.8 Å². The Morgan fingerprint density at radius 1 is 0.803 bits per heavy atom. The summed E-state index contributed by atoms with van der Waals surface area (Å²) in [6, 6.07) is 24.3. The molecule has 5 atom stereocenters. The van der Waals surface area contributed by atoms with E-state index in [9.17, 15) is 34.5 Å². The maximum absolute atomic E-state index is 14.6. The Morgan fingerprint density at radius 2 is 1.46 bits per heavy atom. The van der Waals surface area contributed by atoms with Crippen LogP contribution in [-0.2, 0) is 29.0 Å². The summed E-state index contributed by atoms with van der Waals surface area (Å²) >= 11 is 0. The van der Waals surface area contributed by atoms with Gasteiger partial charge in [0.15, 0.2) is 0 Å². The minimum atomic E-state index is -1.26. The van der Waals surface area contributed by atoms with E-state index in [4.69, 9.17) is 0 Å². The van der Waals surface area contributed by atoms with Crippen molar-refractivity contribution < 1.29 is 29.7 Å². The molecule has 0 spiro atoms. The van der Waals surface area contributed by atoms with Crippen molar-refractivity contribution in [2.24, 2.45) is 10.8 Å². The van der Waals surface area contributed by atoms with Gasteiger partial charge in [-0.15, -0.1) is 0 Å². The molecule has 3 amide bonds. The zero-order valence-electron chi connectivity index (χ0n) is 36.2. The number of nitrogens with one attached hydrogen (secondary N) is 2. The Balaban J connectivity index is 1.48. The molecule has 3 heterocycles. The van der Waals surface area contributed by atoms with Gasteiger partial charge in [0.1, 0.15) is 12.1 Å². The second kappa shape index (κ2) is 19.4. The van der Waals surface area contributed by atoms with Crippen LogP contribution in [0.1, 0.15) is 76.5 Å². The second-order valence-electron chi connectivity index (χ2n) is 17.9. The predicted molar refractivity (Wildman–Crippen MR) is 234 cm³/mol. The molecule has 0 aliphatic heterocycles. The Labute approximate surface area is 357 Å². The van der Waals surface area contributed by atoms with Crippen LogP contribution in [-0.4, -0.2) is 88.5 Å². The SMILES string of the molecule is Cc1cccc(Cn2c(O)cn([C@H](C(=O)N[C@@H](Cc3ccccc3)[C@@H](O)C[C@@H](Cc3ccc(-c4ccccn4)cc3)NC(=O)[C@@H](N(C)C(=O)O)C(C)(C)C)C(C)(C)C)c2=O)n1. The number of carbonyl (C=O) groups is 3. The first-order valence-corrected chi connectivity index (χ1v) is 20.4. The minimum Gasteiger partial charge on any atom is -0.493 e. The van der Waals surface area contributed by atoms with Gasteiger partial charge in [0, 0.05) is 30.5 Å². The third-order valence-electron chi connectivity index (χ3n) is 10.7. The molecule has 5 aromatic rings. The topological polar surface area (TPSA) is 192 Å². The van der Waals surface area contributed by atoms with E-state index >= 15 is 0 Å². The van der Waals surface area contributed by atoms with Gasteiger partial charge in [-0.05, 0) is 72.4 Å². The van der Waals surface area contributed by atoms with Gasteiger partial charge in [-0.2, -0.15) is 0 Å². The monoisotopic (exact) mass is 833 g/mol. The summed E-state index contributed by atoms with van der Waals surface area (Å²) in [6.07, 6.45) is 0.915. The lowest BCUT2D eigenvalue weighted by Crippen LogP contribution is -2.57. The molecule has 0 saturated carbocycles. The van der Waals surface area contributed by atoms with Crippen LogP contribution >= 0.6 is 0 Å². The average Bonchev–Trinajstić information content (AvgIpc) is 3.45. The van der Waals surface area contributed by atoms with Crippen molar-refractivity contribution in [3.63, 3.8) is 0 Å². The predicted octanol–water partition coefficient (Wildman–Crippen LogP) is 5.99. The van der Waals surface area contributed by atoms with Gasteiger partial charge in [-0.3, -0.25) is 33.6 Å². The molecule has 2 aromatic carbocycles. The number of amides is 3. The summed E-state index contributed by atoms with van der Waals surface area (Å²) in [4.78, 5) is 64.7. The van der Waals surface area contributed by atoms with Crippen LogP contribution in [0.3, 0.4) is 0 Å². The van der Waals surface area contributed by atoms with E-state index in [-0.39, 0.29) is 31.7 Å². The number of aromatic nitrogens is 4. The van der Waals surface area contributed by atoms with Crippen LogP contribution in [0, 0.1) is 17.8 Å². The summed E-state index contributed by atoms with van der Waals surface area (Å²) in [5, 5.41) is 39.2. The van der Waals surface area contributed by atoms with Crippen molar-refractivity contribution in [1.29, 1.82) is 0 Å². The summed E-state index contributed by atoms with van der Waals surface area (Å²) in [5.74, 6) is -1.41. The first-order chi connectivity index (χ1) is 28.7. The number of aryl methyl sites for hydroxylation is 1. The maximum Gasteiger partial charge on any atom is 0.407 e. The van der Waals surface area contributed by atoms with Gasteiger partial charge in [-0.1, -0.05) is 108 Å². The molecule has 0 bridgehead atoms. The molecule has 0 radical (unpaired) electrons. The van der Waals surface area contributed by atoms with Crippen LogP contribution in [0.5, 0.6) is 5.88 Å². The number of aromatic hydroxyl groups is 1. The van der Waals surface area contributed by atoms with Crippen molar-refractivity contribution in [2.45, 2.75) is 105 Å². The van der Waals surface area contributed by atoms with Crippen LogP contribution in [0.4, 0.5) is 4.79 Å². The molecular weight excluding hydrogens is 775 g/mol. The molecule has 0 aliphatic rings. The highest BCUT2D eigenvalue weighted by molar-refractivity contribution is 5.86. The van der Waals surface area contributed by atoms with Crippen LogP contribution in [0.25, 0.3) is 11.3 Å². The number of hydrogen-bond donors (Lipinski definition) is 5. The molecule has 0 fully saturated rings. The number of carbonyl (C=O) groups excluding carboxylic acids is 2. The number of nitrogens with zero attached hydrogens (tertiary/aromatic N) is 5. The quantitative estimate of drug-likeness (QED) is 0.0795. The van der Waals surface area contributed by atoms with E-state index in [2.05, 4.69) is 20.6 Å². The fourth-order valence-corrected chi connectivity index (χ4v) is 7.84. The zero-order valence-corrected chi connectivity index (χ0v) is 36.2. The molecule has 3 aromatic heterocycles. The van der Waals surface area contributed by atoms with E-state index in [1.165, 1.54) is 17.8 Å². The molecule has 0 aliphatic carbocycles. The largest absolute Gasteiger partial charge is 0.493 e. The van der Waals surface area contributed by atoms with E-state index in [1.54, 1.807) is 33.0 Å². The number of benzene rings is 2. The Hall–Kier alpha value is -6.28. The second-order valence-corrected chi connectivity index (χ2v) is 17.9. The van der Waals surface area contributed by atoms with Crippen molar-refractivity contribution >= 4 is 17.9 Å². The Bertz CT molecular complexity index is 2310. The van der Waals surface area contributed by atoms with Crippen LogP contribution in [0.15, 0.2) is 108 Å². The lowest BCUT2D eigenvalue weighted by atomic mass is 9.84. The number of likely N-dealkylation sites (N-methyl/N-ethyl adjacent to an activating group) is 1. The van der Waals surface area contributed by atoms with Gasteiger partial charge in [0.2, 0.25) is 17.7 Å². The number of aliphatic hydroxyl groups is 1. The minimum absolute atomic E-state index is 0.00944. The molecule has 324 valence electrons. The van der Waals surface area contributed by atoms with Gasteiger partial charge in [0.25, 0.3) is 0 Å². The lowest BCUT2D eigenvalue weighted by molar-refractivity contribution is -0.131. The third kappa shape index (κ3) is 11.9. The van der Waals surface area contributed by atoms with Crippen molar-refractivity contribution in [3.05, 3.63) is 136 Å². The first kappa shape index (κ1) is 45.8. The average molecular weight is 834 g/mol. The van der Waals surface area contributed by atoms with Gasteiger partial charge < -0.3 is 26.0 Å². The third-order valence-corrected chi connectivity index (χ3v) is 10.7. The fourth-order valence-electron chi connectivity index (χ4n) is 7.84. The molecule has 14 nitrogen and oxygen atoms in total. The molecule has 0 unspecified atom stereocenters. The lowest BCUT2D eigenvalue weighted by Gasteiger charge is -2.37. The number of imidazole rings is 1. The maximum atomic E-state index is 14.6. The van der Waals surface area contributed by atoms with Crippen LogP contribution in [0.2, 0.25) is 0 Å². The Kier molecular flexibility index (Phi) is 14.6. The normalized spacial score (nSPS) is 14.3. The van der Waals surface area contributed by atoms with Gasteiger partial charge in [-0.25, -0.2) is 9.59 Å². The molecular formula is C47H59N7O7. The smallest absolute Gasteiger partial charge is 0.407 e. The summed E-state index contributed by atoms with van der Waals surface area (Å²) in [5.41, 5.74) is 2.45. The van der Waals surface area contributed by atoms with Crippen molar-refractivity contribution in [2.75, 3.05) is 7.05 Å². The molecule has 5 N–H and O–H groups in total. The highest BCUT2D eigenvalue weighted by Gasteiger charge is 2.40. The number of rotatable bonds is 16. The molecule has 61 heavy (non-hydrogen) atoms. The highest BCUT2D eigenvalue weighted by Crippen LogP contribution is 2.32. The number of hydrogen-bond acceptors (Lipinski definition) is 8. The summed E-state index contributed by atoms with van der Waals surface area (Å²) in [7, 11) is 1.36. The Morgan fingerprint density at radius 3 is 2.05 bits per heavy atom. The zero-order chi connectivity index (χ0) is 44.6. The molecule has 5 rings (SSSR count). The first-order valence-electron chi connectivity index (χ1n) is 20.4. The van der Waals surface area contributed by atoms with E-state index in [1.807, 2.05) is 113 Å². The van der Waals surface area contributed by atoms with Crippen molar-refractivity contribution in [3.8, 4) is 17.1 Å². The van der Waals surface area contributed by atoms with Gasteiger partial charge in [0.05, 0.1) is 36.3 Å². The fraction of sp³-hybridized carbons (Fsp3) is 0.404. The number of carboxylic acid groups (broad SMARTS) is 1. The van der Waals surface area contributed by atoms with E-state index in [0.717, 1.165) is 37.5 Å². The van der Waals surface area contributed by atoms with E-state index in [0.29, 0.717) is 5.69 Å². The number of aliphatic hydroxyl groups excluding tert-OH is 1. The molecule has 0 saturated heterocycles. The standard InChI is InChI=1S/C47H59N7O7/c1-30-15-14-18-34(49-30)28-53-39(56)29-54(44(53)59)41(47(5,6)7)43(58)51-37(26-31-16-10-9-11-17-31)38(55)27-35(50-42(57)40(46(2,3)4)52(8)45(60)61)25-32-20-22-33(23-21-32)36-19-12-13-24-48-36/h9-24,29,35,37-38,40-41,55-56H,25-28H2,1-8H3,(H,50,57)(H,51,58)(H,60,61)/t35-,37+,38+,40-,41-/m1/s1. The molecule has 14 heteroatoms. The van der Waals surface area contributed by atoms with E-state index < -0.39 is 64.7 Å². The van der Waals surface area contributed by atoms with Crippen LogP contribution < -0.4 is 16.3 Å². The summed E-state index contributed by atoms with van der Waals surface area (Å²) in [6.45, 7) is 12.6. The highest BCUT2D eigenvalue weighted by atomic mass is 16.4.